The quantitative estimate of drug-likeness (QED) is 0.325. The monoisotopic (exact) mass is 468 g/mol. The zero-order valence-electron chi connectivity index (χ0n) is 17.1. The Morgan fingerprint density at radius 2 is 1.94 bits per heavy atom. The number of nitrogens with zero attached hydrogens (tertiary/aromatic N) is 3. The molecule has 0 spiro atoms. The van der Waals surface area contributed by atoms with Crippen molar-refractivity contribution in [3.63, 3.8) is 0 Å². The Morgan fingerprint density at radius 3 is 2.65 bits per heavy atom. The summed E-state index contributed by atoms with van der Waals surface area (Å²) in [5.74, 6) is 0.901. The molecule has 0 atom stereocenters. The summed E-state index contributed by atoms with van der Waals surface area (Å²) >= 11 is 9.03. The van der Waals surface area contributed by atoms with Gasteiger partial charge in [-0.05, 0) is 60.2 Å². The first-order valence-electron chi connectivity index (χ1n) is 9.83. The maximum Gasteiger partial charge on any atom is 0.234 e. The van der Waals surface area contributed by atoms with Crippen LogP contribution >= 0.6 is 34.7 Å². The average Bonchev–Trinajstić information content (AvgIpc) is 3.44. The van der Waals surface area contributed by atoms with Crippen molar-refractivity contribution in [1.82, 2.24) is 14.8 Å². The molecule has 158 valence electrons. The molecule has 4 rings (SSSR count). The van der Waals surface area contributed by atoms with E-state index in [0.717, 1.165) is 39.6 Å². The second-order valence-electron chi connectivity index (χ2n) is 6.89. The van der Waals surface area contributed by atoms with Crippen molar-refractivity contribution in [2.75, 3.05) is 11.1 Å². The zero-order valence-corrected chi connectivity index (χ0v) is 19.5. The van der Waals surface area contributed by atoms with Crippen molar-refractivity contribution >= 4 is 46.3 Å². The van der Waals surface area contributed by atoms with Gasteiger partial charge in [-0.2, -0.15) is 0 Å². The first-order valence-corrected chi connectivity index (χ1v) is 12.1. The highest BCUT2D eigenvalue weighted by atomic mass is 35.5. The summed E-state index contributed by atoms with van der Waals surface area (Å²) in [7, 11) is 0. The molecule has 0 bridgehead atoms. The van der Waals surface area contributed by atoms with Crippen LogP contribution in [-0.2, 0) is 11.2 Å². The maximum atomic E-state index is 12.7. The normalized spacial score (nSPS) is 10.9. The first kappa shape index (κ1) is 21.6. The second-order valence-corrected chi connectivity index (χ2v) is 9.22. The lowest BCUT2D eigenvalue weighted by Crippen LogP contribution is -2.16. The Morgan fingerprint density at radius 1 is 1.13 bits per heavy atom. The van der Waals surface area contributed by atoms with Crippen LogP contribution in [0.25, 0.3) is 16.4 Å². The number of carbonyl (C=O) groups excluding carboxylic acids is 1. The van der Waals surface area contributed by atoms with E-state index in [9.17, 15) is 4.79 Å². The number of aryl methyl sites for hydroxylation is 2. The van der Waals surface area contributed by atoms with E-state index < -0.39 is 0 Å². The van der Waals surface area contributed by atoms with Crippen LogP contribution in [0.1, 0.15) is 18.1 Å². The largest absolute Gasteiger partial charge is 0.325 e. The van der Waals surface area contributed by atoms with Crippen molar-refractivity contribution in [1.29, 1.82) is 0 Å². The van der Waals surface area contributed by atoms with E-state index in [1.165, 1.54) is 11.8 Å². The van der Waals surface area contributed by atoms with Gasteiger partial charge in [-0.15, -0.1) is 21.5 Å². The number of aromatic nitrogens is 3. The first-order chi connectivity index (χ1) is 15.1. The van der Waals surface area contributed by atoms with Crippen LogP contribution in [0.15, 0.2) is 65.1 Å². The van der Waals surface area contributed by atoms with Crippen LogP contribution < -0.4 is 5.32 Å². The van der Waals surface area contributed by atoms with Gasteiger partial charge < -0.3 is 5.32 Å². The molecule has 31 heavy (non-hydrogen) atoms. The number of anilines is 1. The van der Waals surface area contributed by atoms with Gasteiger partial charge in [0, 0.05) is 16.4 Å². The highest BCUT2D eigenvalue weighted by Crippen LogP contribution is 2.31. The molecule has 2 aromatic heterocycles. The topological polar surface area (TPSA) is 59.8 Å². The minimum absolute atomic E-state index is 0.0719. The number of nitrogens with one attached hydrogen (secondary N) is 1. The van der Waals surface area contributed by atoms with Crippen molar-refractivity contribution in [2.45, 2.75) is 25.4 Å². The molecule has 0 aliphatic rings. The second kappa shape index (κ2) is 9.68. The Bertz CT molecular complexity index is 1190. The molecule has 8 heteroatoms. The third-order valence-corrected chi connectivity index (χ3v) is 6.84. The van der Waals surface area contributed by atoms with Gasteiger partial charge in [0.1, 0.15) is 0 Å². The predicted molar refractivity (Wildman–Crippen MR) is 130 cm³/mol. The Balaban J connectivity index is 1.58. The standard InChI is InChI=1S/C23H21ClN4OS2/c1-3-16-7-4-6-15(2)21(16)25-20(29)14-31-23-27-26-22(19-8-5-13-30-19)28(23)18-11-9-17(24)10-12-18/h4-13H,3,14H2,1-2H3,(H,25,29). The van der Waals surface area contributed by atoms with Gasteiger partial charge in [0.15, 0.2) is 11.0 Å². The molecule has 2 aromatic carbocycles. The highest BCUT2D eigenvalue weighted by Gasteiger charge is 2.18. The lowest BCUT2D eigenvalue weighted by molar-refractivity contribution is -0.113. The lowest BCUT2D eigenvalue weighted by atomic mass is 10.1. The zero-order chi connectivity index (χ0) is 21.8. The van der Waals surface area contributed by atoms with E-state index in [1.54, 1.807) is 11.3 Å². The number of thioether (sulfide) groups is 1. The minimum atomic E-state index is -0.0719. The number of rotatable bonds is 7. The third kappa shape index (κ3) is 4.84. The van der Waals surface area contributed by atoms with E-state index in [1.807, 2.05) is 71.5 Å². The van der Waals surface area contributed by atoms with Gasteiger partial charge in [-0.3, -0.25) is 9.36 Å². The molecule has 2 heterocycles. The van der Waals surface area contributed by atoms with Crippen LogP contribution in [-0.4, -0.2) is 26.4 Å². The fraction of sp³-hybridized carbons (Fsp3) is 0.174. The van der Waals surface area contributed by atoms with Crippen molar-refractivity contribution < 1.29 is 4.79 Å². The van der Waals surface area contributed by atoms with E-state index >= 15 is 0 Å². The Kier molecular flexibility index (Phi) is 6.75. The number of thiophene rings is 1. The van der Waals surface area contributed by atoms with Crippen LogP contribution in [0.5, 0.6) is 0 Å². The van der Waals surface area contributed by atoms with Crippen molar-refractivity contribution in [2.24, 2.45) is 0 Å². The van der Waals surface area contributed by atoms with Gasteiger partial charge in [-0.25, -0.2) is 0 Å². The molecule has 0 unspecified atom stereocenters. The van der Waals surface area contributed by atoms with Gasteiger partial charge in [0.05, 0.1) is 10.6 Å². The van der Waals surface area contributed by atoms with Gasteiger partial charge in [0.25, 0.3) is 0 Å². The van der Waals surface area contributed by atoms with Crippen LogP contribution in [0.2, 0.25) is 5.02 Å². The number of halogens is 1. The number of para-hydroxylation sites is 1. The van der Waals surface area contributed by atoms with E-state index in [2.05, 4.69) is 22.4 Å². The molecule has 0 saturated heterocycles. The van der Waals surface area contributed by atoms with E-state index in [-0.39, 0.29) is 11.7 Å². The van der Waals surface area contributed by atoms with Crippen molar-refractivity contribution in [3.8, 4) is 16.4 Å². The molecule has 4 aromatic rings. The van der Waals surface area contributed by atoms with Crippen LogP contribution in [0.3, 0.4) is 0 Å². The van der Waals surface area contributed by atoms with Gasteiger partial charge >= 0.3 is 0 Å². The summed E-state index contributed by atoms with van der Waals surface area (Å²) in [6.45, 7) is 4.09. The molecule has 0 aliphatic carbocycles. The number of carbonyl (C=O) groups is 1. The molecular formula is C23H21ClN4OS2. The maximum absolute atomic E-state index is 12.7. The third-order valence-electron chi connectivity index (χ3n) is 4.80. The number of hydrogen-bond donors (Lipinski definition) is 1. The fourth-order valence-corrected chi connectivity index (χ4v) is 4.84. The molecule has 0 radical (unpaired) electrons. The molecule has 1 N–H and O–H groups in total. The summed E-state index contributed by atoms with van der Waals surface area (Å²) in [4.78, 5) is 13.7. The molecule has 5 nitrogen and oxygen atoms in total. The molecule has 0 saturated carbocycles. The summed E-state index contributed by atoms with van der Waals surface area (Å²) in [5.41, 5.74) is 3.98. The summed E-state index contributed by atoms with van der Waals surface area (Å²) < 4.78 is 1.96. The lowest BCUT2D eigenvalue weighted by Gasteiger charge is -2.13. The minimum Gasteiger partial charge on any atom is -0.325 e. The smallest absolute Gasteiger partial charge is 0.234 e. The molecule has 1 amide bonds. The predicted octanol–water partition coefficient (Wildman–Crippen LogP) is 6.25. The number of benzene rings is 2. The molecule has 0 fully saturated rings. The molecule has 0 aliphatic heterocycles. The summed E-state index contributed by atoms with van der Waals surface area (Å²) in [6.07, 6.45) is 0.861. The summed E-state index contributed by atoms with van der Waals surface area (Å²) in [6, 6.07) is 17.6. The van der Waals surface area contributed by atoms with Gasteiger partial charge in [-0.1, -0.05) is 54.6 Å². The number of hydrogen-bond acceptors (Lipinski definition) is 5. The van der Waals surface area contributed by atoms with E-state index in [4.69, 9.17) is 11.6 Å². The fourth-order valence-electron chi connectivity index (χ4n) is 3.26. The Hall–Kier alpha value is -2.61. The number of amides is 1. The average molecular weight is 469 g/mol. The van der Waals surface area contributed by atoms with Gasteiger partial charge in [0.2, 0.25) is 5.91 Å². The van der Waals surface area contributed by atoms with Crippen molar-refractivity contribution in [3.05, 3.63) is 76.1 Å². The van der Waals surface area contributed by atoms with Crippen LogP contribution in [0, 0.1) is 6.92 Å². The summed E-state index contributed by atoms with van der Waals surface area (Å²) in [5, 5.41) is 15.2. The van der Waals surface area contributed by atoms with E-state index in [0.29, 0.717) is 10.2 Å². The highest BCUT2D eigenvalue weighted by molar-refractivity contribution is 7.99. The Labute approximate surface area is 194 Å². The SMILES string of the molecule is CCc1cccc(C)c1NC(=O)CSc1nnc(-c2cccs2)n1-c1ccc(Cl)cc1. The molecular weight excluding hydrogens is 448 g/mol. The van der Waals surface area contributed by atoms with Crippen LogP contribution in [0.4, 0.5) is 5.69 Å².